The number of ether oxygens (including phenoxy) is 2. The van der Waals surface area contributed by atoms with Crippen molar-refractivity contribution in [1.29, 1.82) is 0 Å². The first-order chi connectivity index (χ1) is 9.44. The average Bonchev–Trinajstić information content (AvgIpc) is 3.19. The van der Waals surface area contributed by atoms with Gasteiger partial charge in [0.15, 0.2) is 14.9 Å². The summed E-state index contributed by atoms with van der Waals surface area (Å²) in [7, 11) is 0. The maximum Gasteiger partial charge on any atom is 0.330 e. The zero-order chi connectivity index (χ0) is 14.1. The van der Waals surface area contributed by atoms with Crippen LogP contribution in [0, 0.1) is 0 Å². The molecule has 0 aliphatic carbocycles. The molecule has 1 atom stereocenters. The van der Waals surface area contributed by atoms with Gasteiger partial charge in [-0.25, -0.2) is 0 Å². The number of nitrogens with one attached hydrogen (secondary N) is 2. The number of halogens is 1. The summed E-state index contributed by atoms with van der Waals surface area (Å²) in [5.41, 5.74) is 0.416. The molecule has 4 rings (SSSR count). The van der Waals surface area contributed by atoms with Gasteiger partial charge in [0.1, 0.15) is 5.66 Å². The third kappa shape index (κ3) is 1.57. The number of alkyl halides is 1. The molecule has 0 saturated carbocycles. The Bertz CT molecular complexity index is 652. The number of esters is 2. The number of para-hydroxylation sites is 1. The predicted molar refractivity (Wildman–Crippen MR) is 76.6 cm³/mol. The van der Waals surface area contributed by atoms with Crippen molar-refractivity contribution in [3.8, 4) is 11.5 Å². The van der Waals surface area contributed by atoms with Gasteiger partial charge in [-0.2, -0.15) is 0 Å². The fourth-order valence-corrected chi connectivity index (χ4v) is 3.21. The standard InChI is InChI=1S/C13H11IN2O4/c1-12(14,13-10(15-13)16-13)11(18)19-7-4-2-3-6-5-8(17)20-9(6)7/h2-4,10,15-16H,5H2,1H3. The molecule has 3 aliphatic rings. The summed E-state index contributed by atoms with van der Waals surface area (Å²) in [5.74, 6) is -0.0309. The van der Waals surface area contributed by atoms with Crippen LogP contribution in [0.5, 0.6) is 11.5 Å². The van der Waals surface area contributed by atoms with Gasteiger partial charge in [0.25, 0.3) is 0 Å². The lowest BCUT2D eigenvalue weighted by molar-refractivity contribution is -0.137. The third-order valence-corrected chi connectivity index (χ3v) is 5.24. The molecular formula is C13H11IN2O4. The molecule has 2 N–H and O–H groups in total. The normalized spacial score (nSPS) is 31.7. The fraction of sp³-hybridized carbons (Fsp3) is 0.385. The molecule has 0 bridgehead atoms. The van der Waals surface area contributed by atoms with Gasteiger partial charge in [-0.1, -0.05) is 34.7 Å². The topological polar surface area (TPSA) is 96.5 Å². The van der Waals surface area contributed by atoms with E-state index in [0.29, 0.717) is 11.5 Å². The molecular weight excluding hydrogens is 375 g/mol. The van der Waals surface area contributed by atoms with Gasteiger partial charge in [0.2, 0.25) is 0 Å². The summed E-state index contributed by atoms with van der Waals surface area (Å²) in [4.78, 5) is 23.7. The molecule has 3 aliphatic heterocycles. The summed E-state index contributed by atoms with van der Waals surface area (Å²) in [6, 6.07) is 5.18. The van der Waals surface area contributed by atoms with Gasteiger partial charge in [0, 0.05) is 5.56 Å². The third-order valence-electron chi connectivity index (χ3n) is 3.95. The van der Waals surface area contributed by atoms with Crippen LogP contribution in [0.15, 0.2) is 18.2 Å². The summed E-state index contributed by atoms with van der Waals surface area (Å²) in [6.07, 6.45) is 0.424. The Balaban J connectivity index is 1.60. The monoisotopic (exact) mass is 386 g/mol. The summed E-state index contributed by atoms with van der Waals surface area (Å²) in [5, 5.41) is 6.34. The Morgan fingerprint density at radius 3 is 2.90 bits per heavy atom. The molecule has 7 heteroatoms. The Labute approximate surface area is 128 Å². The predicted octanol–water partition coefficient (Wildman–Crippen LogP) is 0.476. The van der Waals surface area contributed by atoms with E-state index < -0.39 is 3.42 Å². The lowest BCUT2D eigenvalue weighted by Gasteiger charge is -2.22. The number of carbonyl (C=O) groups excluding carboxylic acids is 2. The minimum atomic E-state index is -0.721. The van der Waals surface area contributed by atoms with Crippen molar-refractivity contribution in [2.75, 3.05) is 0 Å². The second kappa shape index (κ2) is 3.71. The maximum absolute atomic E-state index is 12.4. The zero-order valence-electron chi connectivity index (χ0n) is 10.5. The van der Waals surface area contributed by atoms with Crippen LogP contribution in [0.3, 0.4) is 0 Å². The number of benzene rings is 1. The number of rotatable bonds is 3. The average molecular weight is 386 g/mol. The van der Waals surface area contributed by atoms with Crippen LogP contribution in [0.4, 0.5) is 0 Å². The number of fused-ring (bicyclic) bond motifs is 2. The number of hydrogen-bond donors (Lipinski definition) is 2. The van der Waals surface area contributed by atoms with E-state index in [1.165, 1.54) is 0 Å². The van der Waals surface area contributed by atoms with E-state index in [0.717, 1.165) is 5.56 Å². The summed E-state index contributed by atoms with van der Waals surface area (Å²) >= 11 is 2.08. The van der Waals surface area contributed by atoms with Crippen LogP contribution in [0.25, 0.3) is 0 Å². The molecule has 0 spiro atoms. The highest BCUT2D eigenvalue weighted by atomic mass is 127. The number of carbonyl (C=O) groups is 2. The minimum Gasteiger partial charge on any atom is -0.422 e. The van der Waals surface area contributed by atoms with E-state index >= 15 is 0 Å². The van der Waals surface area contributed by atoms with Gasteiger partial charge >= 0.3 is 11.9 Å². The lowest BCUT2D eigenvalue weighted by atomic mass is 10.1. The van der Waals surface area contributed by atoms with Crippen LogP contribution in [0.1, 0.15) is 12.5 Å². The van der Waals surface area contributed by atoms with E-state index in [9.17, 15) is 9.59 Å². The highest BCUT2D eigenvalue weighted by Crippen LogP contribution is 2.52. The first kappa shape index (κ1) is 12.5. The molecule has 0 radical (unpaired) electrons. The van der Waals surface area contributed by atoms with Gasteiger partial charge in [-0.15, -0.1) is 0 Å². The van der Waals surface area contributed by atoms with Crippen molar-refractivity contribution in [3.05, 3.63) is 23.8 Å². The minimum absolute atomic E-state index is 0.205. The molecule has 6 nitrogen and oxygen atoms in total. The van der Waals surface area contributed by atoms with Crippen LogP contribution in [-0.4, -0.2) is 27.2 Å². The summed E-state index contributed by atoms with van der Waals surface area (Å²) in [6.45, 7) is 1.82. The molecule has 3 heterocycles. The molecule has 20 heavy (non-hydrogen) atoms. The Morgan fingerprint density at radius 1 is 1.55 bits per heavy atom. The van der Waals surface area contributed by atoms with Gasteiger partial charge in [-0.05, 0) is 13.0 Å². The fourth-order valence-electron chi connectivity index (χ4n) is 2.47. The zero-order valence-corrected chi connectivity index (χ0v) is 12.7. The van der Waals surface area contributed by atoms with Crippen LogP contribution >= 0.6 is 22.6 Å². The second-order valence-corrected chi connectivity index (χ2v) is 7.47. The molecule has 0 aromatic heterocycles. The largest absolute Gasteiger partial charge is 0.422 e. The molecule has 104 valence electrons. The number of hydrogen-bond acceptors (Lipinski definition) is 6. The molecule has 1 aromatic rings. The molecule has 2 saturated heterocycles. The van der Waals surface area contributed by atoms with Crippen molar-refractivity contribution in [2.24, 2.45) is 0 Å². The van der Waals surface area contributed by atoms with E-state index in [1.54, 1.807) is 18.2 Å². The quantitative estimate of drug-likeness (QED) is 0.258. The van der Waals surface area contributed by atoms with Gasteiger partial charge in [0.05, 0.1) is 12.6 Å². The second-order valence-electron chi connectivity index (χ2n) is 5.32. The van der Waals surface area contributed by atoms with Crippen molar-refractivity contribution >= 4 is 34.5 Å². The van der Waals surface area contributed by atoms with Crippen molar-refractivity contribution in [3.63, 3.8) is 0 Å². The SMILES string of the molecule is CC(I)(C(=O)Oc1cccc2c1OC(=O)C2)C12NC1N2. The summed E-state index contributed by atoms with van der Waals surface area (Å²) < 4.78 is 9.85. The van der Waals surface area contributed by atoms with Crippen molar-refractivity contribution in [2.45, 2.75) is 28.6 Å². The first-order valence-electron chi connectivity index (χ1n) is 6.23. The smallest absolute Gasteiger partial charge is 0.330 e. The molecule has 0 amide bonds. The highest BCUT2D eigenvalue weighted by molar-refractivity contribution is 14.1. The van der Waals surface area contributed by atoms with Crippen LogP contribution in [-0.2, 0) is 16.0 Å². The van der Waals surface area contributed by atoms with E-state index in [-0.39, 0.29) is 30.2 Å². The molecule has 1 unspecified atom stereocenters. The Kier molecular flexibility index (Phi) is 2.33. The van der Waals surface area contributed by atoms with E-state index in [1.807, 2.05) is 6.92 Å². The highest BCUT2D eigenvalue weighted by Gasteiger charge is 2.80. The maximum atomic E-state index is 12.4. The van der Waals surface area contributed by atoms with Gasteiger partial charge in [-0.3, -0.25) is 20.2 Å². The molecule has 1 aromatic carbocycles. The Hall–Kier alpha value is -1.19. The lowest BCUT2D eigenvalue weighted by Crippen LogP contribution is -2.48. The molecule has 2 fully saturated rings. The van der Waals surface area contributed by atoms with E-state index in [4.69, 9.17) is 9.47 Å². The first-order valence-corrected chi connectivity index (χ1v) is 7.31. The van der Waals surface area contributed by atoms with Crippen molar-refractivity contribution in [1.82, 2.24) is 10.6 Å². The Morgan fingerprint density at radius 2 is 2.25 bits per heavy atom. The van der Waals surface area contributed by atoms with Crippen molar-refractivity contribution < 1.29 is 19.1 Å². The van der Waals surface area contributed by atoms with Crippen LogP contribution < -0.4 is 20.1 Å². The van der Waals surface area contributed by atoms with Gasteiger partial charge < -0.3 is 9.47 Å². The van der Waals surface area contributed by atoms with Crippen LogP contribution in [0.2, 0.25) is 0 Å². The van der Waals surface area contributed by atoms with E-state index in [2.05, 4.69) is 33.2 Å².